The SMILES string of the molecule is Cc1cc2cc(c1N)CCC2(F)C(F)(F)F. The van der Waals surface area contributed by atoms with E-state index in [-0.39, 0.29) is 12.0 Å². The van der Waals surface area contributed by atoms with Crippen LogP contribution in [-0.4, -0.2) is 6.18 Å². The second-order valence-electron chi connectivity index (χ2n) is 4.16. The van der Waals surface area contributed by atoms with Crippen molar-refractivity contribution in [2.45, 2.75) is 31.6 Å². The molecule has 1 unspecified atom stereocenters. The number of alkyl halides is 4. The molecule has 1 atom stereocenters. The smallest absolute Gasteiger partial charge is 0.398 e. The van der Waals surface area contributed by atoms with Gasteiger partial charge in [-0.2, -0.15) is 13.2 Å². The molecule has 0 aliphatic heterocycles. The first kappa shape index (κ1) is 11.2. The molecule has 1 nitrogen and oxygen atoms in total. The Balaban J connectivity index is 2.60. The van der Waals surface area contributed by atoms with E-state index in [4.69, 9.17) is 5.73 Å². The zero-order chi connectivity index (χ0) is 12.1. The van der Waals surface area contributed by atoms with Crippen LogP contribution in [0.25, 0.3) is 0 Å². The predicted octanol–water partition coefficient (Wildman–Crippen LogP) is 3.25. The van der Waals surface area contributed by atoms with Gasteiger partial charge in [0, 0.05) is 5.69 Å². The van der Waals surface area contributed by atoms with Gasteiger partial charge in [0.05, 0.1) is 0 Å². The minimum absolute atomic E-state index is 0.0243. The molecule has 1 aliphatic carbocycles. The van der Waals surface area contributed by atoms with Crippen LogP contribution in [0.5, 0.6) is 0 Å². The van der Waals surface area contributed by atoms with Gasteiger partial charge in [-0.05, 0) is 36.5 Å². The molecule has 0 saturated heterocycles. The first-order chi connectivity index (χ1) is 7.25. The van der Waals surface area contributed by atoms with E-state index in [1.165, 1.54) is 12.1 Å². The molecule has 0 spiro atoms. The number of benzene rings is 1. The van der Waals surface area contributed by atoms with Gasteiger partial charge in [0.1, 0.15) is 0 Å². The number of hydrogen-bond donors (Lipinski definition) is 1. The molecule has 2 N–H and O–H groups in total. The summed E-state index contributed by atoms with van der Waals surface area (Å²) in [5.74, 6) is 0. The van der Waals surface area contributed by atoms with Crippen LogP contribution in [0.15, 0.2) is 12.1 Å². The topological polar surface area (TPSA) is 26.0 Å². The van der Waals surface area contributed by atoms with E-state index in [1.807, 2.05) is 0 Å². The Morgan fingerprint density at radius 1 is 1.31 bits per heavy atom. The summed E-state index contributed by atoms with van der Waals surface area (Å²) in [6, 6.07) is 2.41. The van der Waals surface area contributed by atoms with E-state index >= 15 is 0 Å². The lowest BCUT2D eigenvalue weighted by Crippen LogP contribution is -2.40. The molecular weight excluding hydrogens is 222 g/mol. The van der Waals surface area contributed by atoms with Crippen molar-refractivity contribution in [3.05, 3.63) is 28.8 Å². The van der Waals surface area contributed by atoms with Gasteiger partial charge < -0.3 is 5.73 Å². The van der Waals surface area contributed by atoms with Gasteiger partial charge >= 0.3 is 6.18 Å². The van der Waals surface area contributed by atoms with Gasteiger partial charge in [-0.25, -0.2) is 4.39 Å². The molecule has 0 amide bonds. The van der Waals surface area contributed by atoms with E-state index in [1.54, 1.807) is 6.92 Å². The molecule has 16 heavy (non-hydrogen) atoms. The minimum Gasteiger partial charge on any atom is -0.398 e. The van der Waals surface area contributed by atoms with Gasteiger partial charge in [0.25, 0.3) is 0 Å². The number of fused-ring (bicyclic) bond motifs is 2. The highest BCUT2D eigenvalue weighted by Gasteiger charge is 2.58. The number of anilines is 1. The lowest BCUT2D eigenvalue weighted by molar-refractivity contribution is -0.239. The number of aryl methyl sites for hydroxylation is 2. The van der Waals surface area contributed by atoms with Crippen LogP contribution in [0.2, 0.25) is 0 Å². The fourth-order valence-corrected chi connectivity index (χ4v) is 2.06. The van der Waals surface area contributed by atoms with E-state index in [0.29, 0.717) is 16.8 Å². The molecule has 88 valence electrons. The van der Waals surface area contributed by atoms with Crippen LogP contribution in [0.3, 0.4) is 0 Å². The van der Waals surface area contributed by atoms with Crippen molar-refractivity contribution in [3.63, 3.8) is 0 Å². The van der Waals surface area contributed by atoms with Crippen molar-refractivity contribution in [1.82, 2.24) is 0 Å². The summed E-state index contributed by atoms with van der Waals surface area (Å²) in [5, 5.41) is 0. The molecule has 1 aromatic rings. The van der Waals surface area contributed by atoms with E-state index in [9.17, 15) is 17.6 Å². The molecular formula is C11H11F4N. The van der Waals surface area contributed by atoms with Crippen LogP contribution in [0, 0.1) is 6.92 Å². The molecule has 0 fully saturated rings. The standard InChI is InChI=1S/C11H11F4N/c1-6-4-8-5-7(9(6)16)2-3-10(8,12)11(13,14)15/h4-5H,2-3,16H2,1H3. The molecule has 0 radical (unpaired) electrons. The Labute approximate surface area is 90.3 Å². The van der Waals surface area contributed by atoms with E-state index < -0.39 is 18.3 Å². The second kappa shape index (κ2) is 3.12. The Bertz CT molecular complexity index is 435. The highest BCUT2D eigenvalue weighted by molar-refractivity contribution is 5.57. The van der Waals surface area contributed by atoms with E-state index in [0.717, 1.165) is 0 Å². The number of halogens is 4. The average molecular weight is 233 g/mol. The molecule has 1 aromatic carbocycles. The van der Waals surface area contributed by atoms with Gasteiger partial charge in [-0.15, -0.1) is 0 Å². The second-order valence-corrected chi connectivity index (χ2v) is 4.16. The Morgan fingerprint density at radius 2 is 1.94 bits per heavy atom. The quantitative estimate of drug-likeness (QED) is 0.540. The third-order valence-electron chi connectivity index (χ3n) is 3.12. The maximum Gasteiger partial charge on any atom is 0.426 e. The summed E-state index contributed by atoms with van der Waals surface area (Å²) in [6.45, 7) is 1.59. The van der Waals surface area contributed by atoms with Crippen molar-refractivity contribution in [3.8, 4) is 0 Å². The Kier molecular flexibility index (Phi) is 2.19. The molecule has 2 rings (SSSR count). The fourth-order valence-electron chi connectivity index (χ4n) is 2.06. The molecule has 5 heteroatoms. The van der Waals surface area contributed by atoms with Crippen LogP contribution in [-0.2, 0) is 12.1 Å². The molecule has 0 aromatic heterocycles. The van der Waals surface area contributed by atoms with Crippen molar-refractivity contribution in [2.75, 3.05) is 5.73 Å². The van der Waals surface area contributed by atoms with Crippen molar-refractivity contribution >= 4 is 5.69 Å². The van der Waals surface area contributed by atoms with Crippen molar-refractivity contribution in [1.29, 1.82) is 0 Å². The molecule has 2 bridgehead atoms. The van der Waals surface area contributed by atoms with E-state index in [2.05, 4.69) is 0 Å². The normalized spacial score (nSPS) is 24.6. The number of nitrogens with two attached hydrogens (primary N) is 1. The first-order valence-electron chi connectivity index (χ1n) is 4.91. The highest BCUT2D eigenvalue weighted by Crippen LogP contribution is 2.49. The third-order valence-corrected chi connectivity index (χ3v) is 3.12. The number of rotatable bonds is 0. The lowest BCUT2D eigenvalue weighted by Gasteiger charge is -2.33. The van der Waals surface area contributed by atoms with Gasteiger partial charge in [-0.3, -0.25) is 0 Å². The van der Waals surface area contributed by atoms with Crippen LogP contribution < -0.4 is 5.73 Å². The van der Waals surface area contributed by atoms with Crippen LogP contribution >= 0.6 is 0 Å². The molecule has 0 heterocycles. The summed E-state index contributed by atoms with van der Waals surface area (Å²) in [6.07, 6.45) is -5.42. The maximum atomic E-state index is 14.0. The maximum absolute atomic E-state index is 14.0. The van der Waals surface area contributed by atoms with Crippen LogP contribution in [0.1, 0.15) is 23.1 Å². The van der Waals surface area contributed by atoms with Crippen molar-refractivity contribution in [2.24, 2.45) is 0 Å². The number of nitrogen functional groups attached to an aromatic ring is 1. The zero-order valence-electron chi connectivity index (χ0n) is 8.66. The average Bonchev–Trinajstić information content (AvgIpc) is 2.17. The van der Waals surface area contributed by atoms with Crippen LogP contribution in [0.4, 0.5) is 23.2 Å². The molecule has 1 aliphatic rings. The predicted molar refractivity (Wildman–Crippen MR) is 52.8 cm³/mol. The van der Waals surface area contributed by atoms with Gasteiger partial charge in [-0.1, -0.05) is 12.1 Å². The Morgan fingerprint density at radius 3 is 2.50 bits per heavy atom. The fraction of sp³-hybridized carbons (Fsp3) is 0.455. The largest absolute Gasteiger partial charge is 0.426 e. The number of hydrogen-bond acceptors (Lipinski definition) is 1. The Hall–Kier alpha value is -1.26. The monoisotopic (exact) mass is 233 g/mol. The summed E-state index contributed by atoms with van der Waals surface area (Å²) in [4.78, 5) is 0. The zero-order valence-corrected chi connectivity index (χ0v) is 8.66. The third kappa shape index (κ3) is 1.37. The summed E-state index contributed by atoms with van der Waals surface area (Å²) in [5.41, 5.74) is 3.71. The summed E-state index contributed by atoms with van der Waals surface area (Å²) in [7, 11) is 0. The lowest BCUT2D eigenvalue weighted by atomic mass is 9.81. The van der Waals surface area contributed by atoms with Crippen molar-refractivity contribution < 1.29 is 17.6 Å². The van der Waals surface area contributed by atoms with Gasteiger partial charge in [0.2, 0.25) is 5.67 Å². The molecule has 0 saturated carbocycles. The van der Waals surface area contributed by atoms with Gasteiger partial charge in [0.15, 0.2) is 0 Å². The summed E-state index contributed by atoms with van der Waals surface area (Å²) < 4.78 is 51.9. The first-order valence-corrected chi connectivity index (χ1v) is 4.91. The minimum atomic E-state index is -4.87. The highest BCUT2D eigenvalue weighted by atomic mass is 19.4. The summed E-state index contributed by atoms with van der Waals surface area (Å²) >= 11 is 0.